The van der Waals surface area contributed by atoms with Crippen molar-refractivity contribution in [3.8, 4) is 5.75 Å². The minimum absolute atomic E-state index is 0. The van der Waals surface area contributed by atoms with Gasteiger partial charge in [-0.05, 0) is 49.5 Å². The quantitative estimate of drug-likeness (QED) is 0.774. The molecule has 4 nitrogen and oxygen atoms in total. The van der Waals surface area contributed by atoms with Crippen LogP contribution in [-0.4, -0.2) is 32.1 Å². The molecule has 1 amide bonds. The first-order valence-corrected chi connectivity index (χ1v) is 9.10. The van der Waals surface area contributed by atoms with Crippen molar-refractivity contribution in [1.29, 1.82) is 0 Å². The van der Waals surface area contributed by atoms with Crippen molar-refractivity contribution in [3.63, 3.8) is 0 Å². The molecule has 0 saturated carbocycles. The Morgan fingerprint density at radius 1 is 1.24 bits per heavy atom. The number of halogens is 1. The van der Waals surface area contributed by atoms with Gasteiger partial charge >= 0.3 is 0 Å². The van der Waals surface area contributed by atoms with E-state index in [1.54, 1.807) is 0 Å². The molecule has 2 rings (SSSR count). The Labute approximate surface area is 158 Å². The van der Waals surface area contributed by atoms with Crippen molar-refractivity contribution in [2.24, 2.45) is 11.8 Å². The van der Waals surface area contributed by atoms with E-state index in [1.807, 2.05) is 12.1 Å². The molecule has 1 aromatic rings. The van der Waals surface area contributed by atoms with Crippen molar-refractivity contribution in [2.75, 3.05) is 26.2 Å². The Morgan fingerprint density at radius 3 is 2.40 bits per heavy atom. The summed E-state index contributed by atoms with van der Waals surface area (Å²) < 4.78 is 5.74. The topological polar surface area (TPSA) is 50.4 Å². The third-order valence-corrected chi connectivity index (χ3v) is 4.63. The summed E-state index contributed by atoms with van der Waals surface area (Å²) in [6, 6.07) is 8.25. The highest BCUT2D eigenvalue weighted by atomic mass is 35.5. The number of piperidine rings is 1. The lowest BCUT2D eigenvalue weighted by Gasteiger charge is -2.28. The highest BCUT2D eigenvalue weighted by molar-refractivity contribution is 5.85. The van der Waals surface area contributed by atoms with E-state index in [-0.39, 0.29) is 29.6 Å². The van der Waals surface area contributed by atoms with Crippen LogP contribution in [0.5, 0.6) is 5.75 Å². The zero-order chi connectivity index (χ0) is 17.6. The lowest BCUT2D eigenvalue weighted by Crippen LogP contribution is -2.42. The zero-order valence-electron chi connectivity index (χ0n) is 15.9. The van der Waals surface area contributed by atoms with Crippen LogP contribution in [0, 0.1) is 11.8 Å². The van der Waals surface area contributed by atoms with Gasteiger partial charge in [0.25, 0.3) is 0 Å². The van der Waals surface area contributed by atoms with Crippen molar-refractivity contribution in [2.45, 2.75) is 46.0 Å². The van der Waals surface area contributed by atoms with Gasteiger partial charge in [0.2, 0.25) is 5.91 Å². The van der Waals surface area contributed by atoms with E-state index in [4.69, 9.17) is 4.74 Å². The van der Waals surface area contributed by atoms with Gasteiger partial charge in [0.1, 0.15) is 5.75 Å². The third kappa shape index (κ3) is 6.87. The molecule has 1 saturated heterocycles. The first kappa shape index (κ1) is 21.8. The van der Waals surface area contributed by atoms with Crippen LogP contribution in [0.15, 0.2) is 24.3 Å². The Bertz CT molecular complexity index is 523. The Hall–Kier alpha value is -1.26. The van der Waals surface area contributed by atoms with Crippen molar-refractivity contribution in [1.82, 2.24) is 10.6 Å². The normalized spacial score (nSPS) is 15.6. The van der Waals surface area contributed by atoms with Gasteiger partial charge < -0.3 is 15.4 Å². The number of ether oxygens (including phenoxy) is 1. The average Bonchev–Trinajstić information content (AvgIpc) is 2.59. The molecule has 25 heavy (non-hydrogen) atoms. The van der Waals surface area contributed by atoms with Crippen molar-refractivity contribution >= 4 is 18.3 Å². The summed E-state index contributed by atoms with van der Waals surface area (Å²) in [6.07, 6.45) is 1.88. The van der Waals surface area contributed by atoms with Crippen LogP contribution in [0.25, 0.3) is 0 Å². The number of nitrogens with one attached hydrogen (secondary N) is 2. The zero-order valence-corrected chi connectivity index (χ0v) is 16.7. The van der Waals surface area contributed by atoms with E-state index in [0.29, 0.717) is 12.5 Å². The molecule has 0 bridgehead atoms. The van der Waals surface area contributed by atoms with Crippen LogP contribution >= 0.6 is 12.4 Å². The molecule has 0 unspecified atom stereocenters. The fourth-order valence-corrected chi connectivity index (χ4v) is 2.90. The molecule has 0 aliphatic carbocycles. The van der Waals surface area contributed by atoms with Crippen LogP contribution < -0.4 is 15.4 Å². The smallest absolute Gasteiger partial charge is 0.223 e. The summed E-state index contributed by atoms with van der Waals surface area (Å²) in [5.74, 6) is 1.78. The van der Waals surface area contributed by atoms with Gasteiger partial charge in [-0.25, -0.2) is 0 Å². The number of hydrogen-bond donors (Lipinski definition) is 2. The van der Waals surface area contributed by atoms with E-state index in [1.165, 1.54) is 5.56 Å². The minimum atomic E-state index is -0.0981. The molecule has 0 aromatic heterocycles. The third-order valence-electron chi connectivity index (χ3n) is 4.63. The van der Waals surface area contributed by atoms with E-state index in [0.717, 1.165) is 38.3 Å². The van der Waals surface area contributed by atoms with Crippen LogP contribution in [0.3, 0.4) is 0 Å². The summed E-state index contributed by atoms with van der Waals surface area (Å²) >= 11 is 0. The highest BCUT2D eigenvalue weighted by Crippen LogP contribution is 2.25. The molecule has 5 heteroatoms. The predicted molar refractivity (Wildman–Crippen MR) is 106 cm³/mol. The molecule has 0 radical (unpaired) electrons. The molecule has 142 valence electrons. The van der Waals surface area contributed by atoms with Crippen LogP contribution in [0.4, 0.5) is 0 Å². The fourth-order valence-electron chi connectivity index (χ4n) is 2.90. The molecule has 1 aromatic carbocycles. The second kappa shape index (κ2) is 10.0. The first-order valence-electron chi connectivity index (χ1n) is 9.10. The van der Waals surface area contributed by atoms with Gasteiger partial charge in [-0.15, -0.1) is 12.4 Å². The highest BCUT2D eigenvalue weighted by Gasteiger charge is 2.25. The monoisotopic (exact) mass is 368 g/mol. The number of carbonyl (C=O) groups is 1. The van der Waals surface area contributed by atoms with E-state index in [2.05, 4.69) is 50.5 Å². The van der Waals surface area contributed by atoms with E-state index in [9.17, 15) is 4.79 Å². The van der Waals surface area contributed by atoms with E-state index >= 15 is 0 Å². The Kier molecular flexibility index (Phi) is 8.74. The van der Waals surface area contributed by atoms with Crippen LogP contribution in [-0.2, 0) is 10.2 Å². The summed E-state index contributed by atoms with van der Waals surface area (Å²) in [6.45, 7) is 11.9. The predicted octanol–water partition coefficient (Wildman–Crippen LogP) is 3.54. The second-order valence-corrected chi connectivity index (χ2v) is 7.86. The Morgan fingerprint density at radius 2 is 1.84 bits per heavy atom. The molecular formula is C20H33ClN2O2. The Balaban J connectivity index is 0.00000312. The summed E-state index contributed by atoms with van der Waals surface area (Å²) in [7, 11) is 0. The van der Waals surface area contributed by atoms with Crippen molar-refractivity contribution in [3.05, 3.63) is 29.8 Å². The van der Waals surface area contributed by atoms with Gasteiger partial charge in [0.15, 0.2) is 0 Å². The number of hydrogen-bond acceptors (Lipinski definition) is 3. The van der Waals surface area contributed by atoms with Crippen LogP contribution in [0.1, 0.15) is 46.1 Å². The number of benzene rings is 1. The number of amides is 1. The second-order valence-electron chi connectivity index (χ2n) is 7.86. The molecular weight excluding hydrogens is 336 g/mol. The number of rotatable bonds is 7. The SMILES string of the molecule is CC(C)COc1ccc(C(C)(C)CNC(=O)C2CCNCC2)cc1.Cl. The molecule has 1 fully saturated rings. The van der Waals surface area contributed by atoms with Crippen molar-refractivity contribution < 1.29 is 9.53 Å². The van der Waals surface area contributed by atoms with Crippen LogP contribution in [0.2, 0.25) is 0 Å². The van der Waals surface area contributed by atoms with Gasteiger partial charge in [-0.3, -0.25) is 4.79 Å². The maximum atomic E-state index is 12.3. The number of carbonyl (C=O) groups excluding carboxylic acids is 1. The summed E-state index contributed by atoms with van der Waals surface area (Å²) in [5, 5.41) is 6.45. The van der Waals surface area contributed by atoms with Gasteiger partial charge in [0, 0.05) is 17.9 Å². The summed E-state index contributed by atoms with van der Waals surface area (Å²) in [4.78, 5) is 12.3. The van der Waals surface area contributed by atoms with Gasteiger partial charge in [0.05, 0.1) is 6.61 Å². The van der Waals surface area contributed by atoms with Gasteiger partial charge in [-0.1, -0.05) is 39.8 Å². The van der Waals surface area contributed by atoms with Gasteiger partial charge in [-0.2, -0.15) is 0 Å². The molecule has 2 N–H and O–H groups in total. The summed E-state index contributed by atoms with van der Waals surface area (Å²) in [5.41, 5.74) is 1.11. The standard InChI is InChI=1S/C20H32N2O2.ClH/c1-15(2)13-24-18-7-5-17(6-8-18)20(3,4)14-22-19(23)16-9-11-21-12-10-16;/h5-8,15-16,21H,9-14H2,1-4H3,(H,22,23);1H. The molecule has 1 heterocycles. The fraction of sp³-hybridized carbons (Fsp3) is 0.650. The minimum Gasteiger partial charge on any atom is -0.493 e. The molecule has 0 atom stereocenters. The lowest BCUT2D eigenvalue weighted by molar-refractivity contribution is -0.125. The molecule has 1 aliphatic rings. The first-order chi connectivity index (χ1) is 11.4. The average molecular weight is 369 g/mol. The maximum absolute atomic E-state index is 12.3. The largest absolute Gasteiger partial charge is 0.493 e. The lowest BCUT2D eigenvalue weighted by atomic mass is 9.84. The maximum Gasteiger partial charge on any atom is 0.223 e. The molecule has 0 spiro atoms. The molecule has 1 aliphatic heterocycles. The van der Waals surface area contributed by atoms with E-state index < -0.39 is 0 Å².